The van der Waals surface area contributed by atoms with E-state index in [1.54, 1.807) is 28.4 Å². The highest BCUT2D eigenvalue weighted by Crippen LogP contribution is 2.38. The van der Waals surface area contributed by atoms with Crippen LogP contribution in [0.15, 0.2) is 48.5 Å². The molecule has 0 saturated heterocycles. The third-order valence-corrected chi connectivity index (χ3v) is 7.03. The largest absolute Gasteiger partial charge is 0.500 e. The first-order valence-corrected chi connectivity index (χ1v) is 10.7. The molecule has 27 heavy (non-hydrogen) atoms. The van der Waals surface area contributed by atoms with E-state index in [-0.39, 0.29) is 6.79 Å². The number of methoxy groups -OCH3 is 1. The van der Waals surface area contributed by atoms with Gasteiger partial charge in [0.05, 0.1) is 6.61 Å². The minimum Gasteiger partial charge on any atom is -0.489 e. The Kier molecular flexibility index (Phi) is 8.76. The molecule has 0 bridgehead atoms. The molecule has 0 aromatic heterocycles. The first-order chi connectivity index (χ1) is 13.2. The van der Waals surface area contributed by atoms with Gasteiger partial charge < -0.3 is 27.5 Å². The second-order valence-corrected chi connectivity index (χ2v) is 8.89. The van der Waals surface area contributed by atoms with E-state index in [1.807, 2.05) is 48.5 Å². The third kappa shape index (κ3) is 5.79. The van der Waals surface area contributed by atoms with E-state index in [1.165, 1.54) is 0 Å². The summed E-state index contributed by atoms with van der Waals surface area (Å²) >= 11 is 0. The van der Waals surface area contributed by atoms with Gasteiger partial charge in [0, 0.05) is 40.0 Å². The molecule has 148 valence electrons. The van der Waals surface area contributed by atoms with Crippen molar-refractivity contribution >= 4 is 8.80 Å². The van der Waals surface area contributed by atoms with Crippen molar-refractivity contribution in [3.8, 4) is 22.6 Å². The molecule has 2 aromatic carbocycles. The predicted molar refractivity (Wildman–Crippen MR) is 106 cm³/mol. The Balaban J connectivity index is 2.15. The number of hydrogen-bond donors (Lipinski definition) is 0. The van der Waals surface area contributed by atoms with Gasteiger partial charge in [-0.25, -0.2) is 0 Å². The lowest BCUT2D eigenvalue weighted by Crippen LogP contribution is -2.42. The van der Waals surface area contributed by atoms with Gasteiger partial charge in [0.25, 0.3) is 0 Å². The topological polar surface area (TPSA) is 55.4 Å². The maximum Gasteiger partial charge on any atom is 0.500 e. The molecule has 0 N–H and O–H groups in total. The van der Waals surface area contributed by atoms with Crippen LogP contribution in [0.4, 0.5) is 0 Å². The molecule has 0 unspecified atom stereocenters. The van der Waals surface area contributed by atoms with Crippen molar-refractivity contribution in [3.05, 3.63) is 48.5 Å². The highest BCUT2D eigenvalue weighted by atomic mass is 28.4. The minimum atomic E-state index is -2.60. The zero-order valence-electron chi connectivity index (χ0n) is 16.4. The molecule has 0 atom stereocenters. The fraction of sp³-hybridized carbons (Fsp3) is 0.400. The second-order valence-electron chi connectivity index (χ2n) is 5.80. The van der Waals surface area contributed by atoms with Gasteiger partial charge in [0.2, 0.25) is 0 Å². The Morgan fingerprint density at radius 2 is 1.48 bits per heavy atom. The van der Waals surface area contributed by atoms with E-state index >= 15 is 0 Å². The molecule has 0 aliphatic heterocycles. The lowest BCUT2D eigenvalue weighted by atomic mass is 10.0. The molecule has 0 saturated carbocycles. The first kappa shape index (κ1) is 21.4. The van der Waals surface area contributed by atoms with Crippen LogP contribution in [0.25, 0.3) is 11.1 Å². The highest BCUT2D eigenvalue weighted by molar-refractivity contribution is 6.60. The Hall–Kier alpha value is -1.90. The zero-order valence-corrected chi connectivity index (χ0v) is 17.4. The predicted octanol–water partition coefficient (Wildman–Crippen LogP) is 3.98. The van der Waals surface area contributed by atoms with Crippen LogP contribution < -0.4 is 9.47 Å². The lowest BCUT2D eigenvalue weighted by molar-refractivity contribution is 0.0486. The van der Waals surface area contributed by atoms with Crippen LogP contribution in [0.5, 0.6) is 11.5 Å². The van der Waals surface area contributed by atoms with Gasteiger partial charge in [-0.05, 0) is 18.1 Å². The number of ether oxygens (including phenoxy) is 3. The molecule has 0 fully saturated rings. The van der Waals surface area contributed by atoms with Crippen molar-refractivity contribution in [1.82, 2.24) is 0 Å². The Morgan fingerprint density at radius 3 is 2.11 bits per heavy atom. The fourth-order valence-corrected chi connectivity index (χ4v) is 4.45. The summed E-state index contributed by atoms with van der Waals surface area (Å²) in [6.45, 7) is 0.639. The van der Waals surface area contributed by atoms with E-state index in [0.29, 0.717) is 24.2 Å². The van der Waals surface area contributed by atoms with Crippen molar-refractivity contribution in [2.24, 2.45) is 0 Å². The second kappa shape index (κ2) is 11.1. The molecule has 2 aromatic rings. The number of hydrogen-bond acceptors (Lipinski definition) is 6. The number of benzene rings is 2. The van der Waals surface area contributed by atoms with Crippen LogP contribution >= 0.6 is 0 Å². The minimum absolute atomic E-state index is 0.154. The normalized spacial score (nSPS) is 11.4. The fourth-order valence-electron chi connectivity index (χ4n) is 2.76. The van der Waals surface area contributed by atoms with Crippen LogP contribution in [0.2, 0.25) is 6.04 Å². The molecule has 2 rings (SSSR count). The van der Waals surface area contributed by atoms with Gasteiger partial charge in [-0.3, -0.25) is 0 Å². The molecule has 0 spiro atoms. The van der Waals surface area contributed by atoms with Gasteiger partial charge in [-0.1, -0.05) is 42.5 Å². The summed E-state index contributed by atoms with van der Waals surface area (Å²) in [5, 5.41) is 0. The Labute approximate surface area is 162 Å². The summed E-state index contributed by atoms with van der Waals surface area (Å²) < 4.78 is 33.2. The molecule has 0 aliphatic rings. The van der Waals surface area contributed by atoms with Crippen molar-refractivity contribution < 1.29 is 27.5 Å². The van der Waals surface area contributed by atoms with E-state index in [2.05, 4.69) is 0 Å². The lowest BCUT2D eigenvalue weighted by Gasteiger charge is -2.24. The maximum atomic E-state index is 6.12. The van der Waals surface area contributed by atoms with Gasteiger partial charge in [-0.15, -0.1) is 0 Å². The van der Waals surface area contributed by atoms with Crippen molar-refractivity contribution in [2.45, 2.75) is 12.5 Å². The van der Waals surface area contributed by atoms with Gasteiger partial charge in [0.1, 0.15) is 0 Å². The summed E-state index contributed by atoms with van der Waals surface area (Å²) in [6.07, 6.45) is 0.731. The average Bonchev–Trinajstić information content (AvgIpc) is 2.74. The first-order valence-electron chi connectivity index (χ1n) is 8.78. The summed E-state index contributed by atoms with van der Waals surface area (Å²) in [7, 11) is 3.83. The van der Waals surface area contributed by atoms with Crippen molar-refractivity contribution in [1.29, 1.82) is 0 Å². The van der Waals surface area contributed by atoms with Gasteiger partial charge >= 0.3 is 8.80 Å². The molecule has 0 heterocycles. The number of rotatable bonds is 12. The molecule has 6 nitrogen and oxygen atoms in total. The van der Waals surface area contributed by atoms with Crippen LogP contribution in [0.1, 0.15) is 6.42 Å². The van der Waals surface area contributed by atoms with E-state index in [0.717, 1.165) is 17.5 Å². The summed E-state index contributed by atoms with van der Waals surface area (Å²) in [5.41, 5.74) is 2.03. The summed E-state index contributed by atoms with van der Waals surface area (Å²) in [5.74, 6) is 1.34. The molecule has 0 amide bonds. The smallest absolute Gasteiger partial charge is 0.489 e. The van der Waals surface area contributed by atoms with Crippen LogP contribution in [-0.2, 0) is 18.0 Å². The average molecular weight is 393 g/mol. The monoisotopic (exact) mass is 392 g/mol. The molecular weight excluding hydrogens is 364 g/mol. The third-order valence-electron chi connectivity index (χ3n) is 4.20. The summed E-state index contributed by atoms with van der Waals surface area (Å²) in [4.78, 5) is 0. The molecule has 7 heteroatoms. The molecule has 0 radical (unpaired) electrons. The van der Waals surface area contributed by atoms with Crippen LogP contribution in [0, 0.1) is 0 Å². The van der Waals surface area contributed by atoms with E-state index in [4.69, 9.17) is 27.5 Å². The Morgan fingerprint density at radius 1 is 0.778 bits per heavy atom. The van der Waals surface area contributed by atoms with E-state index in [9.17, 15) is 0 Å². The SMILES string of the molecule is COCOc1cccc(-c2ccccc2)c1OCCC[Si](OC)(OC)OC. The standard InChI is InChI=1S/C20H28O6Si/c1-21-16-26-19-13-8-12-18(17-10-6-5-7-11-17)20(19)25-14-9-15-27(22-2,23-3)24-4/h5-8,10-13H,9,14-16H2,1-4H3. The molecule has 0 aliphatic carbocycles. The highest BCUT2D eigenvalue weighted by Gasteiger charge is 2.37. The van der Waals surface area contributed by atoms with Crippen molar-refractivity contribution in [3.63, 3.8) is 0 Å². The summed E-state index contributed by atoms with van der Waals surface area (Å²) in [6, 6.07) is 16.6. The van der Waals surface area contributed by atoms with Crippen LogP contribution in [0.3, 0.4) is 0 Å². The molecular formula is C20H28O6Si. The Bertz CT molecular complexity index is 667. The van der Waals surface area contributed by atoms with E-state index < -0.39 is 8.80 Å². The van der Waals surface area contributed by atoms with Gasteiger partial charge in [0.15, 0.2) is 18.3 Å². The zero-order chi connectivity index (χ0) is 19.5. The van der Waals surface area contributed by atoms with Crippen molar-refractivity contribution in [2.75, 3.05) is 41.8 Å². The number of para-hydroxylation sites is 1. The van der Waals surface area contributed by atoms with Gasteiger partial charge in [-0.2, -0.15) is 0 Å². The van der Waals surface area contributed by atoms with Crippen LogP contribution in [-0.4, -0.2) is 50.6 Å². The quantitative estimate of drug-likeness (QED) is 0.309. The maximum absolute atomic E-state index is 6.12.